The summed E-state index contributed by atoms with van der Waals surface area (Å²) < 4.78 is 13.4. The van der Waals surface area contributed by atoms with Crippen molar-refractivity contribution in [1.82, 2.24) is 14.8 Å². The minimum Gasteiger partial charge on any atom is -0.497 e. The first-order valence-corrected chi connectivity index (χ1v) is 12.1. The second-order valence-corrected chi connectivity index (χ2v) is 9.16. The third-order valence-electron chi connectivity index (χ3n) is 5.39. The number of aromatic nitrogens is 3. The quantitative estimate of drug-likeness (QED) is 0.210. The van der Waals surface area contributed by atoms with Crippen LogP contribution in [0.15, 0.2) is 78.0 Å². The monoisotopic (exact) mass is 459 g/mol. The highest BCUT2D eigenvalue weighted by Gasteiger charge is 2.19. The molecule has 170 valence electrons. The Kier molecular flexibility index (Phi) is 7.35. The van der Waals surface area contributed by atoms with Crippen LogP contribution in [0.1, 0.15) is 30.9 Å². The first-order valence-electron chi connectivity index (χ1n) is 11.1. The van der Waals surface area contributed by atoms with Crippen LogP contribution < -0.4 is 9.47 Å². The van der Waals surface area contributed by atoms with Crippen LogP contribution in [0, 0.1) is 6.92 Å². The van der Waals surface area contributed by atoms with Gasteiger partial charge in [-0.25, -0.2) is 0 Å². The molecule has 0 aliphatic carbocycles. The van der Waals surface area contributed by atoms with E-state index in [9.17, 15) is 0 Å². The van der Waals surface area contributed by atoms with Crippen molar-refractivity contribution in [3.63, 3.8) is 0 Å². The van der Waals surface area contributed by atoms with Crippen molar-refractivity contribution in [2.24, 2.45) is 0 Å². The van der Waals surface area contributed by atoms with Crippen LogP contribution in [-0.4, -0.2) is 34.2 Å². The van der Waals surface area contributed by atoms with E-state index in [2.05, 4.69) is 71.9 Å². The first kappa shape index (κ1) is 22.9. The van der Waals surface area contributed by atoms with Crippen LogP contribution in [0.3, 0.4) is 0 Å². The number of aryl methyl sites for hydroxylation is 1. The Morgan fingerprint density at radius 3 is 2.27 bits per heavy atom. The highest BCUT2D eigenvalue weighted by atomic mass is 32.2. The van der Waals surface area contributed by atoms with Crippen LogP contribution in [0.25, 0.3) is 17.1 Å². The average molecular weight is 460 g/mol. The third-order valence-corrected chi connectivity index (χ3v) is 6.28. The molecular weight excluding hydrogens is 430 g/mol. The molecule has 3 aromatic carbocycles. The lowest BCUT2D eigenvalue weighted by atomic mass is 10.0. The maximum atomic E-state index is 5.92. The minimum absolute atomic E-state index is 0.370. The summed E-state index contributed by atoms with van der Waals surface area (Å²) in [4.78, 5) is 0. The molecule has 0 spiro atoms. The highest BCUT2D eigenvalue weighted by molar-refractivity contribution is 7.99. The van der Waals surface area contributed by atoms with Gasteiger partial charge in [0.1, 0.15) is 11.5 Å². The van der Waals surface area contributed by atoms with Gasteiger partial charge in [0.25, 0.3) is 0 Å². The van der Waals surface area contributed by atoms with E-state index in [4.69, 9.17) is 9.47 Å². The maximum absolute atomic E-state index is 5.92. The van der Waals surface area contributed by atoms with Crippen molar-refractivity contribution in [3.8, 4) is 28.6 Å². The van der Waals surface area contributed by atoms with Gasteiger partial charge in [-0.2, -0.15) is 0 Å². The summed E-state index contributed by atoms with van der Waals surface area (Å²) in [7, 11) is 1.67. The second kappa shape index (κ2) is 10.6. The van der Waals surface area contributed by atoms with Gasteiger partial charge in [0, 0.05) is 11.3 Å². The first-order chi connectivity index (χ1) is 16.1. The number of hydrogen-bond acceptors (Lipinski definition) is 5. The third kappa shape index (κ3) is 5.40. The Hall–Kier alpha value is -3.25. The van der Waals surface area contributed by atoms with E-state index >= 15 is 0 Å². The fourth-order valence-electron chi connectivity index (χ4n) is 3.61. The molecule has 4 rings (SSSR count). The highest BCUT2D eigenvalue weighted by Crippen LogP contribution is 2.32. The number of methoxy groups -OCH3 is 1. The molecule has 0 fully saturated rings. The van der Waals surface area contributed by atoms with Crippen molar-refractivity contribution in [3.05, 3.63) is 83.9 Å². The van der Waals surface area contributed by atoms with E-state index in [0.717, 1.165) is 39.5 Å². The van der Waals surface area contributed by atoms with Crippen molar-refractivity contribution >= 4 is 11.8 Å². The van der Waals surface area contributed by atoms with Gasteiger partial charge < -0.3 is 9.47 Å². The number of rotatable bonds is 9. The molecule has 0 saturated heterocycles. The van der Waals surface area contributed by atoms with Crippen molar-refractivity contribution in [2.45, 2.75) is 31.8 Å². The molecule has 33 heavy (non-hydrogen) atoms. The van der Waals surface area contributed by atoms with Gasteiger partial charge in [0.15, 0.2) is 11.0 Å². The van der Waals surface area contributed by atoms with E-state index in [0.29, 0.717) is 12.5 Å². The zero-order valence-electron chi connectivity index (χ0n) is 19.5. The minimum atomic E-state index is 0.370. The van der Waals surface area contributed by atoms with E-state index in [1.54, 1.807) is 18.9 Å². The van der Waals surface area contributed by atoms with E-state index in [1.165, 1.54) is 11.1 Å². The predicted octanol–water partition coefficient (Wildman–Crippen LogP) is 6.55. The summed E-state index contributed by atoms with van der Waals surface area (Å²) in [6, 6.07) is 24.5. The summed E-state index contributed by atoms with van der Waals surface area (Å²) in [6.45, 7) is 7.07. The standard InChI is InChI=1S/C27H29N3O2S/c1-19(2)24-7-5-6-8-25(24)30-26(21-11-15-22(31-4)16-12-21)28-29-27(30)33-18-17-32-23-13-9-20(3)10-14-23/h5-16,19H,17-18H2,1-4H3. The van der Waals surface area contributed by atoms with Crippen LogP contribution in [0.4, 0.5) is 0 Å². The largest absolute Gasteiger partial charge is 0.497 e. The Morgan fingerprint density at radius 1 is 0.879 bits per heavy atom. The second-order valence-electron chi connectivity index (χ2n) is 8.09. The fraction of sp³-hybridized carbons (Fsp3) is 0.259. The molecule has 1 aromatic heterocycles. The van der Waals surface area contributed by atoms with Crippen LogP contribution in [0.5, 0.6) is 11.5 Å². The summed E-state index contributed by atoms with van der Waals surface area (Å²) in [5.74, 6) is 3.64. The van der Waals surface area contributed by atoms with Crippen molar-refractivity contribution in [2.75, 3.05) is 19.5 Å². The predicted molar refractivity (Wildman–Crippen MR) is 135 cm³/mol. The van der Waals surface area contributed by atoms with E-state index in [-0.39, 0.29) is 0 Å². The summed E-state index contributed by atoms with van der Waals surface area (Å²) >= 11 is 1.65. The van der Waals surface area contributed by atoms with Gasteiger partial charge in [0.05, 0.1) is 19.4 Å². The molecule has 0 aliphatic heterocycles. The topological polar surface area (TPSA) is 49.2 Å². The zero-order valence-corrected chi connectivity index (χ0v) is 20.3. The van der Waals surface area contributed by atoms with Gasteiger partial charge in [-0.1, -0.05) is 61.5 Å². The Balaban J connectivity index is 1.62. The molecule has 0 aliphatic rings. The Labute approximate surface area is 199 Å². The lowest BCUT2D eigenvalue weighted by molar-refractivity contribution is 0.344. The Morgan fingerprint density at radius 2 is 1.58 bits per heavy atom. The maximum Gasteiger partial charge on any atom is 0.196 e. The lowest BCUT2D eigenvalue weighted by Gasteiger charge is -2.17. The molecule has 6 heteroatoms. The molecule has 0 saturated carbocycles. The fourth-order valence-corrected chi connectivity index (χ4v) is 4.38. The molecule has 0 bridgehead atoms. The lowest BCUT2D eigenvalue weighted by Crippen LogP contribution is -2.06. The number of ether oxygens (including phenoxy) is 2. The van der Waals surface area contributed by atoms with E-state index in [1.807, 2.05) is 36.4 Å². The summed E-state index contributed by atoms with van der Waals surface area (Å²) in [5.41, 5.74) is 4.57. The molecule has 0 amide bonds. The zero-order chi connectivity index (χ0) is 23.2. The van der Waals surface area contributed by atoms with Gasteiger partial charge in [-0.15, -0.1) is 10.2 Å². The van der Waals surface area contributed by atoms with Crippen LogP contribution in [0.2, 0.25) is 0 Å². The van der Waals surface area contributed by atoms with Crippen LogP contribution >= 0.6 is 11.8 Å². The molecule has 4 aromatic rings. The number of hydrogen-bond donors (Lipinski definition) is 0. The smallest absolute Gasteiger partial charge is 0.196 e. The molecule has 5 nitrogen and oxygen atoms in total. The summed E-state index contributed by atoms with van der Waals surface area (Å²) in [6.07, 6.45) is 0. The van der Waals surface area contributed by atoms with Gasteiger partial charge in [0.2, 0.25) is 0 Å². The van der Waals surface area contributed by atoms with Gasteiger partial charge in [-0.3, -0.25) is 4.57 Å². The molecule has 0 atom stereocenters. The molecular formula is C27H29N3O2S. The van der Waals surface area contributed by atoms with E-state index < -0.39 is 0 Å². The normalized spacial score (nSPS) is 11.1. The number of nitrogens with zero attached hydrogens (tertiary/aromatic N) is 3. The molecule has 0 N–H and O–H groups in total. The van der Waals surface area contributed by atoms with Crippen molar-refractivity contribution < 1.29 is 9.47 Å². The molecule has 1 heterocycles. The van der Waals surface area contributed by atoms with Crippen LogP contribution in [-0.2, 0) is 0 Å². The van der Waals surface area contributed by atoms with Gasteiger partial charge >= 0.3 is 0 Å². The Bertz CT molecular complexity index is 1180. The SMILES string of the molecule is COc1ccc(-c2nnc(SCCOc3ccc(C)cc3)n2-c2ccccc2C(C)C)cc1. The number of para-hydroxylation sites is 1. The molecule has 0 unspecified atom stereocenters. The van der Waals surface area contributed by atoms with Gasteiger partial charge in [-0.05, 0) is 60.9 Å². The summed E-state index contributed by atoms with van der Waals surface area (Å²) in [5, 5.41) is 9.98. The number of thioether (sulfide) groups is 1. The van der Waals surface area contributed by atoms with Crippen molar-refractivity contribution in [1.29, 1.82) is 0 Å². The average Bonchev–Trinajstić information content (AvgIpc) is 3.26. The number of benzene rings is 3. The molecule has 0 radical (unpaired) electrons.